The fourth-order valence-electron chi connectivity index (χ4n) is 2.74. The molecular weight excluding hydrogens is 330 g/mol. The molecule has 3 aromatic rings. The van der Waals surface area contributed by atoms with Crippen molar-refractivity contribution in [3.63, 3.8) is 0 Å². The number of carbonyl (C=O) groups is 1. The van der Waals surface area contributed by atoms with Crippen LogP contribution in [0.25, 0.3) is 5.88 Å². The van der Waals surface area contributed by atoms with Gasteiger partial charge < -0.3 is 14.8 Å². The molecule has 0 radical (unpaired) electrons. The second-order valence-corrected chi connectivity index (χ2v) is 6.02. The Morgan fingerprint density at radius 2 is 1.96 bits per heavy atom. The molecule has 3 rings (SSSR count). The van der Waals surface area contributed by atoms with E-state index in [0.29, 0.717) is 18.2 Å². The fraction of sp³-hybridized carbons (Fsp3) is 0.200. The lowest BCUT2D eigenvalue weighted by Gasteiger charge is -2.08. The summed E-state index contributed by atoms with van der Waals surface area (Å²) in [4.78, 5) is 12.6. The summed E-state index contributed by atoms with van der Waals surface area (Å²) in [5.41, 5.74) is 2.17. The molecule has 1 atom stereocenters. The first-order valence-corrected chi connectivity index (χ1v) is 8.23. The molecule has 1 aromatic carbocycles. The van der Waals surface area contributed by atoms with Gasteiger partial charge in [-0.15, -0.1) is 0 Å². The monoisotopic (exact) mass is 349 g/mol. The van der Waals surface area contributed by atoms with Crippen LogP contribution in [0.1, 0.15) is 45.8 Å². The van der Waals surface area contributed by atoms with E-state index in [2.05, 4.69) is 11.4 Å². The molecule has 2 heterocycles. The van der Waals surface area contributed by atoms with E-state index < -0.39 is 6.10 Å². The molecule has 0 spiro atoms. The van der Waals surface area contributed by atoms with E-state index in [0.717, 1.165) is 11.1 Å². The molecule has 6 heteroatoms. The molecule has 0 unspecified atom stereocenters. The summed E-state index contributed by atoms with van der Waals surface area (Å²) >= 11 is 0. The number of hydrogen-bond donors (Lipinski definition) is 2. The maximum Gasteiger partial charge on any atom is 0.256 e. The van der Waals surface area contributed by atoms with Crippen LogP contribution in [-0.4, -0.2) is 15.6 Å². The highest BCUT2D eigenvalue weighted by atomic mass is 16.4. The number of aliphatic hydroxyl groups is 1. The number of nitrogens with zero attached hydrogens (tertiary/aromatic N) is 2. The Morgan fingerprint density at radius 1 is 1.31 bits per heavy atom. The lowest BCUT2D eigenvalue weighted by molar-refractivity contribution is 0.0949. The maximum atomic E-state index is 12.6. The zero-order chi connectivity index (χ0) is 18.7. The van der Waals surface area contributed by atoms with Crippen LogP contribution in [0.4, 0.5) is 0 Å². The highest BCUT2D eigenvalue weighted by Crippen LogP contribution is 2.25. The Bertz CT molecular complexity index is 946. The number of aliphatic hydroxyl groups excluding tert-OH is 1. The topological polar surface area (TPSA) is 91.2 Å². The molecule has 2 N–H and O–H groups in total. The minimum absolute atomic E-state index is 0.209. The van der Waals surface area contributed by atoms with Crippen molar-refractivity contribution < 1.29 is 14.3 Å². The van der Waals surface area contributed by atoms with Crippen molar-refractivity contribution in [1.29, 1.82) is 5.26 Å². The fourth-order valence-corrected chi connectivity index (χ4v) is 2.74. The molecule has 0 aliphatic rings. The van der Waals surface area contributed by atoms with Gasteiger partial charge in [0.25, 0.3) is 5.91 Å². The predicted octanol–water partition coefficient (Wildman–Crippen LogP) is 3.23. The van der Waals surface area contributed by atoms with Gasteiger partial charge in [0, 0.05) is 18.9 Å². The quantitative estimate of drug-likeness (QED) is 0.740. The van der Waals surface area contributed by atoms with Gasteiger partial charge in [-0.2, -0.15) is 5.26 Å². The summed E-state index contributed by atoms with van der Waals surface area (Å²) in [5.74, 6) is 0.370. The van der Waals surface area contributed by atoms with Crippen LogP contribution in [0, 0.1) is 18.3 Å². The average molecular weight is 349 g/mol. The van der Waals surface area contributed by atoms with Crippen molar-refractivity contribution in [3.05, 3.63) is 76.8 Å². The summed E-state index contributed by atoms with van der Waals surface area (Å²) in [6.45, 7) is 3.68. The van der Waals surface area contributed by atoms with Crippen LogP contribution < -0.4 is 5.32 Å². The third-order valence-corrected chi connectivity index (χ3v) is 4.16. The number of nitrogens with one attached hydrogen (secondary N) is 1. The van der Waals surface area contributed by atoms with Gasteiger partial charge in [0.1, 0.15) is 23.0 Å². The van der Waals surface area contributed by atoms with Crippen molar-refractivity contribution >= 4 is 5.91 Å². The van der Waals surface area contributed by atoms with E-state index in [4.69, 9.17) is 4.42 Å². The van der Waals surface area contributed by atoms with Crippen molar-refractivity contribution in [2.75, 3.05) is 0 Å². The number of aryl methyl sites for hydroxylation is 1. The Labute approximate surface area is 151 Å². The summed E-state index contributed by atoms with van der Waals surface area (Å²) in [7, 11) is 0. The smallest absolute Gasteiger partial charge is 0.256 e. The van der Waals surface area contributed by atoms with Crippen molar-refractivity contribution in [2.45, 2.75) is 26.5 Å². The van der Waals surface area contributed by atoms with Crippen molar-refractivity contribution in [2.24, 2.45) is 0 Å². The number of rotatable bonds is 5. The summed E-state index contributed by atoms with van der Waals surface area (Å²) in [6, 6.07) is 13.0. The zero-order valence-corrected chi connectivity index (χ0v) is 14.6. The van der Waals surface area contributed by atoms with E-state index in [9.17, 15) is 15.2 Å². The van der Waals surface area contributed by atoms with Crippen LogP contribution in [0.15, 0.2) is 53.2 Å². The first kappa shape index (κ1) is 17.5. The summed E-state index contributed by atoms with van der Waals surface area (Å²) in [5, 5.41) is 21.9. The van der Waals surface area contributed by atoms with E-state index >= 15 is 0 Å². The molecule has 2 aromatic heterocycles. The summed E-state index contributed by atoms with van der Waals surface area (Å²) in [6.07, 6.45) is 2.98. The average Bonchev–Trinajstić information content (AvgIpc) is 3.27. The van der Waals surface area contributed by atoms with Crippen LogP contribution in [-0.2, 0) is 6.54 Å². The molecule has 0 aliphatic carbocycles. The molecule has 0 saturated heterocycles. The van der Waals surface area contributed by atoms with Crippen LogP contribution in [0.3, 0.4) is 0 Å². The SMILES string of the molecule is Cc1oc(-n2cccc2)c(C#N)c1C(=O)NCc1ccc([C@H](C)O)cc1. The molecule has 6 nitrogen and oxygen atoms in total. The van der Waals surface area contributed by atoms with Gasteiger partial charge in [-0.05, 0) is 37.1 Å². The zero-order valence-electron chi connectivity index (χ0n) is 14.6. The molecule has 0 fully saturated rings. The van der Waals surface area contributed by atoms with Crippen LogP contribution in [0.2, 0.25) is 0 Å². The number of carbonyl (C=O) groups excluding carboxylic acids is 1. The lowest BCUT2D eigenvalue weighted by atomic mass is 10.1. The molecule has 26 heavy (non-hydrogen) atoms. The third kappa shape index (κ3) is 3.39. The van der Waals surface area contributed by atoms with Gasteiger partial charge in [0.05, 0.1) is 6.10 Å². The second-order valence-electron chi connectivity index (χ2n) is 6.02. The van der Waals surface area contributed by atoms with E-state index in [1.54, 1.807) is 30.8 Å². The lowest BCUT2D eigenvalue weighted by Crippen LogP contribution is -2.24. The number of nitriles is 1. The molecule has 0 aliphatic heterocycles. The van der Waals surface area contributed by atoms with E-state index in [-0.39, 0.29) is 17.0 Å². The standard InChI is InChI=1S/C20H19N3O3/c1-13(24)16-7-5-15(6-8-16)12-22-19(25)18-14(2)26-20(17(18)11-21)23-9-3-4-10-23/h3-10,13,24H,12H2,1-2H3,(H,22,25)/t13-/m0/s1. The first-order valence-electron chi connectivity index (χ1n) is 8.23. The van der Waals surface area contributed by atoms with Gasteiger partial charge in [-0.1, -0.05) is 24.3 Å². The Morgan fingerprint density at radius 3 is 2.54 bits per heavy atom. The predicted molar refractivity (Wildman–Crippen MR) is 95.7 cm³/mol. The highest BCUT2D eigenvalue weighted by molar-refractivity contribution is 5.98. The van der Waals surface area contributed by atoms with E-state index in [1.165, 1.54) is 0 Å². The second kappa shape index (κ2) is 7.30. The van der Waals surface area contributed by atoms with Crippen molar-refractivity contribution in [1.82, 2.24) is 9.88 Å². The number of hydrogen-bond acceptors (Lipinski definition) is 4. The molecule has 132 valence electrons. The maximum absolute atomic E-state index is 12.6. The van der Waals surface area contributed by atoms with Gasteiger partial charge in [0.2, 0.25) is 5.88 Å². The minimum Gasteiger partial charge on any atom is -0.443 e. The summed E-state index contributed by atoms with van der Waals surface area (Å²) < 4.78 is 7.31. The molecule has 0 bridgehead atoms. The number of aromatic nitrogens is 1. The Balaban J connectivity index is 1.79. The van der Waals surface area contributed by atoms with E-state index in [1.807, 2.05) is 36.4 Å². The number of furan rings is 1. The Kier molecular flexibility index (Phi) is 4.92. The van der Waals surface area contributed by atoms with Gasteiger partial charge >= 0.3 is 0 Å². The highest BCUT2D eigenvalue weighted by Gasteiger charge is 2.24. The Hall–Kier alpha value is -3.30. The first-order chi connectivity index (χ1) is 12.5. The van der Waals surface area contributed by atoms with Crippen LogP contribution >= 0.6 is 0 Å². The largest absolute Gasteiger partial charge is 0.443 e. The molecule has 1 amide bonds. The number of benzene rings is 1. The number of amides is 1. The van der Waals surface area contributed by atoms with Gasteiger partial charge in [-0.25, -0.2) is 0 Å². The van der Waals surface area contributed by atoms with Crippen molar-refractivity contribution in [3.8, 4) is 12.0 Å². The minimum atomic E-state index is -0.530. The van der Waals surface area contributed by atoms with Gasteiger partial charge in [0.15, 0.2) is 0 Å². The normalized spacial score (nSPS) is 11.8. The van der Waals surface area contributed by atoms with Gasteiger partial charge in [-0.3, -0.25) is 9.36 Å². The molecular formula is C20H19N3O3. The van der Waals surface area contributed by atoms with Crippen LogP contribution in [0.5, 0.6) is 0 Å². The third-order valence-electron chi connectivity index (χ3n) is 4.16. The molecule has 0 saturated carbocycles.